The highest BCUT2D eigenvalue weighted by atomic mass is 79.9. The SMILES string of the molecule is O=P(O)(O)C(Cc1cc(CBr)cc(CBr)c1)P(=O)(O)O. The Kier molecular flexibility index (Phi) is 6.63. The van der Waals surface area contributed by atoms with Crippen molar-refractivity contribution in [2.75, 3.05) is 0 Å². The molecule has 4 N–H and O–H groups in total. The second kappa shape index (κ2) is 7.16. The number of benzene rings is 1. The summed E-state index contributed by atoms with van der Waals surface area (Å²) in [6.07, 6.45) is -0.380. The zero-order valence-electron chi connectivity index (χ0n) is 10.2. The third kappa shape index (κ3) is 5.35. The van der Waals surface area contributed by atoms with Crippen LogP contribution in [-0.2, 0) is 26.2 Å². The Morgan fingerprint density at radius 2 is 1.20 bits per heavy atom. The summed E-state index contributed by atoms with van der Waals surface area (Å²) in [5.41, 5.74) is 2.22. The van der Waals surface area contributed by atoms with E-state index in [-0.39, 0.29) is 6.42 Å². The second-order valence-electron chi connectivity index (χ2n) is 4.29. The van der Waals surface area contributed by atoms with Gasteiger partial charge in [0.2, 0.25) is 0 Å². The highest BCUT2D eigenvalue weighted by molar-refractivity contribution is 9.08. The Balaban J connectivity index is 3.18. The molecule has 0 radical (unpaired) electrons. The molecule has 0 spiro atoms. The lowest BCUT2D eigenvalue weighted by molar-refractivity contribution is 0.338. The fourth-order valence-electron chi connectivity index (χ4n) is 1.76. The summed E-state index contributed by atoms with van der Waals surface area (Å²) in [5.74, 6) is 0. The normalized spacial score (nSPS) is 12.9. The first-order valence-corrected chi connectivity index (χ1v) is 11.0. The number of hydrogen-bond donors (Lipinski definition) is 4. The van der Waals surface area contributed by atoms with Crippen LogP contribution < -0.4 is 0 Å². The van der Waals surface area contributed by atoms with Gasteiger partial charge in [0.05, 0.1) is 0 Å². The van der Waals surface area contributed by atoms with E-state index in [0.717, 1.165) is 11.1 Å². The van der Waals surface area contributed by atoms with Gasteiger partial charge in [-0.2, -0.15) is 0 Å². The monoisotopic (exact) mass is 450 g/mol. The van der Waals surface area contributed by atoms with Crippen LogP contribution in [0.1, 0.15) is 16.7 Å². The summed E-state index contributed by atoms with van der Waals surface area (Å²) in [5, 5.41) is -0.932. The maximum absolute atomic E-state index is 11.3. The molecule has 20 heavy (non-hydrogen) atoms. The predicted molar refractivity (Wildman–Crippen MR) is 83.3 cm³/mol. The van der Waals surface area contributed by atoms with Crippen molar-refractivity contribution in [1.82, 2.24) is 0 Å². The minimum atomic E-state index is -4.90. The van der Waals surface area contributed by atoms with Crippen LogP contribution in [0.15, 0.2) is 18.2 Å². The summed E-state index contributed by atoms with van der Waals surface area (Å²) in [4.78, 5) is 36.5. The van der Waals surface area contributed by atoms with Gasteiger partial charge in [-0.05, 0) is 23.1 Å². The molecule has 0 aliphatic rings. The van der Waals surface area contributed by atoms with Crippen molar-refractivity contribution in [2.45, 2.75) is 22.5 Å². The van der Waals surface area contributed by atoms with Gasteiger partial charge in [0.25, 0.3) is 0 Å². The molecule has 1 rings (SSSR count). The molecule has 1 aromatic carbocycles. The van der Waals surface area contributed by atoms with Crippen molar-refractivity contribution < 1.29 is 28.7 Å². The van der Waals surface area contributed by atoms with Gasteiger partial charge in [0, 0.05) is 10.7 Å². The standard InChI is InChI=1S/C10H14Br2O6P2/c11-5-8-1-7(2-9(3-8)6-12)4-10(19(13,14)15)20(16,17)18/h1-3,10H,4-6H2,(H2,13,14,15)(H2,16,17,18). The molecule has 0 fully saturated rings. The van der Waals surface area contributed by atoms with Crippen molar-refractivity contribution >= 4 is 47.1 Å². The summed E-state index contributed by atoms with van der Waals surface area (Å²) in [6, 6.07) is 5.22. The Bertz CT molecular complexity index is 523. The van der Waals surface area contributed by atoms with E-state index in [4.69, 9.17) is 19.6 Å². The molecule has 114 valence electrons. The minimum absolute atomic E-state index is 0.380. The number of halogens is 2. The molecule has 0 heterocycles. The Morgan fingerprint density at radius 1 is 0.850 bits per heavy atom. The van der Waals surface area contributed by atoms with E-state index in [1.54, 1.807) is 12.1 Å². The zero-order valence-corrected chi connectivity index (χ0v) is 15.1. The number of rotatable bonds is 6. The molecule has 0 amide bonds. The summed E-state index contributed by atoms with van der Waals surface area (Å²) < 4.78 is 22.6. The summed E-state index contributed by atoms with van der Waals surface area (Å²) >= 11 is 6.56. The fourth-order valence-corrected chi connectivity index (χ4v) is 4.87. The molecular weight excluding hydrogens is 438 g/mol. The second-order valence-corrected chi connectivity index (χ2v) is 9.42. The fraction of sp³-hybridized carbons (Fsp3) is 0.400. The molecule has 0 atom stereocenters. The Hall–Kier alpha value is 0.480. The molecule has 1 aromatic rings. The quantitative estimate of drug-likeness (QED) is 0.390. The van der Waals surface area contributed by atoms with Gasteiger partial charge in [-0.1, -0.05) is 50.1 Å². The van der Waals surface area contributed by atoms with Gasteiger partial charge in [0.15, 0.2) is 5.40 Å². The van der Waals surface area contributed by atoms with Crippen molar-refractivity contribution in [3.8, 4) is 0 Å². The maximum Gasteiger partial charge on any atom is 0.341 e. The van der Waals surface area contributed by atoms with Crippen LogP contribution in [0, 0.1) is 0 Å². The highest BCUT2D eigenvalue weighted by Crippen LogP contribution is 2.60. The predicted octanol–water partition coefficient (Wildman–Crippen LogP) is 2.70. The average Bonchev–Trinajstić information content (AvgIpc) is 2.32. The summed E-state index contributed by atoms with van der Waals surface area (Å²) in [6.45, 7) is 0. The highest BCUT2D eigenvalue weighted by Gasteiger charge is 2.43. The lowest BCUT2D eigenvalue weighted by Crippen LogP contribution is -2.13. The molecule has 0 unspecified atom stereocenters. The first-order valence-electron chi connectivity index (χ1n) is 5.42. The van der Waals surface area contributed by atoms with Crippen LogP contribution in [0.2, 0.25) is 0 Å². The smallest absolute Gasteiger partial charge is 0.324 e. The van der Waals surface area contributed by atoms with E-state index >= 15 is 0 Å². The lowest BCUT2D eigenvalue weighted by Gasteiger charge is -2.20. The third-order valence-corrected chi connectivity index (χ3v) is 7.63. The molecule has 0 bridgehead atoms. The van der Waals surface area contributed by atoms with Crippen LogP contribution in [0.4, 0.5) is 0 Å². The van der Waals surface area contributed by atoms with Crippen molar-refractivity contribution in [3.05, 3.63) is 34.9 Å². The van der Waals surface area contributed by atoms with Crippen molar-refractivity contribution in [1.29, 1.82) is 0 Å². The zero-order chi connectivity index (χ0) is 15.6. The van der Waals surface area contributed by atoms with Gasteiger partial charge in [-0.25, -0.2) is 0 Å². The van der Waals surface area contributed by atoms with Crippen molar-refractivity contribution in [3.63, 3.8) is 0 Å². The van der Waals surface area contributed by atoms with Gasteiger partial charge in [-0.15, -0.1) is 0 Å². The van der Waals surface area contributed by atoms with E-state index in [2.05, 4.69) is 31.9 Å². The number of alkyl halides is 2. The Labute approximate surface area is 133 Å². The van der Waals surface area contributed by atoms with Crippen molar-refractivity contribution in [2.24, 2.45) is 0 Å². The van der Waals surface area contributed by atoms with E-state index in [0.29, 0.717) is 16.2 Å². The molecule has 6 nitrogen and oxygen atoms in total. The molecule has 0 saturated carbocycles. The molecule has 0 aromatic heterocycles. The average molecular weight is 452 g/mol. The molecule has 0 aliphatic carbocycles. The maximum atomic E-state index is 11.3. The third-order valence-electron chi connectivity index (χ3n) is 2.62. The largest absolute Gasteiger partial charge is 0.341 e. The van der Waals surface area contributed by atoms with E-state index in [1.807, 2.05) is 6.07 Å². The van der Waals surface area contributed by atoms with E-state index < -0.39 is 20.6 Å². The van der Waals surface area contributed by atoms with Gasteiger partial charge in [0.1, 0.15) is 0 Å². The van der Waals surface area contributed by atoms with E-state index in [9.17, 15) is 9.13 Å². The van der Waals surface area contributed by atoms with E-state index in [1.165, 1.54) is 0 Å². The topological polar surface area (TPSA) is 115 Å². The van der Waals surface area contributed by atoms with Crippen LogP contribution >= 0.6 is 47.1 Å². The summed E-state index contributed by atoms with van der Waals surface area (Å²) in [7, 11) is -9.79. The molecule has 10 heteroatoms. The van der Waals surface area contributed by atoms with Crippen LogP contribution in [0.5, 0.6) is 0 Å². The first-order chi connectivity index (χ1) is 9.07. The van der Waals surface area contributed by atoms with Gasteiger partial charge >= 0.3 is 15.2 Å². The van der Waals surface area contributed by atoms with Gasteiger partial charge < -0.3 is 19.6 Å². The lowest BCUT2D eigenvalue weighted by atomic mass is 10.1. The number of hydrogen-bond acceptors (Lipinski definition) is 2. The van der Waals surface area contributed by atoms with Gasteiger partial charge in [-0.3, -0.25) is 9.13 Å². The van der Waals surface area contributed by atoms with Crippen LogP contribution in [-0.4, -0.2) is 25.0 Å². The van der Waals surface area contributed by atoms with Crippen LogP contribution in [0.3, 0.4) is 0 Å². The first kappa shape index (κ1) is 18.5. The molecule has 0 saturated heterocycles. The van der Waals surface area contributed by atoms with Crippen LogP contribution in [0.25, 0.3) is 0 Å². The molecule has 0 aliphatic heterocycles. The molecular formula is C10H14Br2O6P2. The Morgan fingerprint density at radius 3 is 1.50 bits per heavy atom. The minimum Gasteiger partial charge on any atom is -0.324 e.